The van der Waals surface area contributed by atoms with Gasteiger partial charge in [0.2, 0.25) is 5.88 Å². The first-order valence-corrected chi connectivity index (χ1v) is 13.5. The second-order valence-electron chi connectivity index (χ2n) is 10.4. The van der Waals surface area contributed by atoms with Crippen molar-refractivity contribution < 1.29 is 9.53 Å². The van der Waals surface area contributed by atoms with Gasteiger partial charge in [-0.1, -0.05) is 35.9 Å². The molecule has 1 saturated carbocycles. The number of nitrogens with zero attached hydrogens (tertiary/aromatic N) is 6. The molecule has 2 aromatic heterocycles. The summed E-state index contributed by atoms with van der Waals surface area (Å²) in [6.45, 7) is 4.21. The number of urea groups is 1. The molecule has 9 heteroatoms. The summed E-state index contributed by atoms with van der Waals surface area (Å²) in [7, 11) is 3.55. The zero-order valence-electron chi connectivity index (χ0n) is 21.6. The number of carbonyl (C=O) groups excluding carboxylic acids is 1. The molecule has 0 bridgehead atoms. The molecular weight excluding hydrogens is 488 g/mol. The summed E-state index contributed by atoms with van der Waals surface area (Å²) in [4.78, 5) is 24.7. The molecule has 0 spiro atoms. The van der Waals surface area contributed by atoms with E-state index in [0.717, 1.165) is 43.0 Å². The van der Waals surface area contributed by atoms with Gasteiger partial charge in [-0.25, -0.2) is 9.78 Å². The van der Waals surface area contributed by atoms with E-state index in [1.807, 2.05) is 16.6 Å². The average Bonchev–Trinajstić information content (AvgIpc) is 3.68. The minimum atomic E-state index is -0.0424. The number of pyridine rings is 1. The Hall–Kier alpha value is -3.26. The molecule has 2 fully saturated rings. The highest BCUT2D eigenvalue weighted by molar-refractivity contribution is 6.33. The van der Waals surface area contributed by atoms with Crippen molar-refractivity contribution in [2.24, 2.45) is 7.05 Å². The van der Waals surface area contributed by atoms with E-state index in [0.29, 0.717) is 23.4 Å². The number of hydrogen-bond donors (Lipinski definition) is 0. The van der Waals surface area contributed by atoms with Crippen LogP contribution in [0.2, 0.25) is 5.02 Å². The third-order valence-corrected chi connectivity index (χ3v) is 8.33. The van der Waals surface area contributed by atoms with Crippen molar-refractivity contribution in [2.45, 2.75) is 57.2 Å². The maximum atomic E-state index is 14.2. The van der Waals surface area contributed by atoms with E-state index in [4.69, 9.17) is 21.4 Å². The van der Waals surface area contributed by atoms with Crippen LogP contribution in [0.4, 0.5) is 16.3 Å². The largest absolute Gasteiger partial charge is 0.479 e. The molecule has 8 nitrogen and oxygen atoms in total. The number of halogens is 1. The van der Waals surface area contributed by atoms with Gasteiger partial charge in [-0.05, 0) is 55.7 Å². The highest BCUT2D eigenvalue weighted by Crippen LogP contribution is 2.44. The van der Waals surface area contributed by atoms with Gasteiger partial charge in [-0.3, -0.25) is 9.58 Å². The van der Waals surface area contributed by atoms with E-state index in [1.165, 1.54) is 24.0 Å². The van der Waals surface area contributed by atoms with Crippen molar-refractivity contribution in [3.63, 3.8) is 0 Å². The molecule has 1 aromatic carbocycles. The van der Waals surface area contributed by atoms with Gasteiger partial charge in [-0.15, -0.1) is 0 Å². The van der Waals surface area contributed by atoms with Gasteiger partial charge >= 0.3 is 6.03 Å². The molecule has 1 aliphatic carbocycles. The minimum Gasteiger partial charge on any atom is -0.479 e. The normalized spacial score (nSPS) is 20.4. The van der Waals surface area contributed by atoms with Crippen LogP contribution in [0.1, 0.15) is 61.3 Å². The van der Waals surface area contributed by atoms with Crippen LogP contribution >= 0.6 is 11.6 Å². The quantitative estimate of drug-likeness (QED) is 0.427. The lowest BCUT2D eigenvalue weighted by Gasteiger charge is -2.46. The van der Waals surface area contributed by atoms with Crippen molar-refractivity contribution >= 4 is 29.1 Å². The smallest absolute Gasteiger partial charge is 0.326 e. The van der Waals surface area contributed by atoms with Gasteiger partial charge in [0.15, 0.2) is 5.82 Å². The number of benzene rings is 1. The van der Waals surface area contributed by atoms with Gasteiger partial charge in [-0.2, -0.15) is 5.10 Å². The molecule has 1 unspecified atom stereocenters. The molecule has 0 radical (unpaired) electrons. The van der Waals surface area contributed by atoms with Gasteiger partial charge in [0.1, 0.15) is 5.69 Å². The first kappa shape index (κ1) is 24.1. The predicted molar refractivity (Wildman–Crippen MR) is 144 cm³/mol. The molecule has 194 valence electrons. The summed E-state index contributed by atoms with van der Waals surface area (Å²) in [6.07, 6.45) is 7.86. The van der Waals surface area contributed by atoms with Crippen LogP contribution in [-0.4, -0.2) is 51.9 Å². The van der Waals surface area contributed by atoms with Crippen molar-refractivity contribution in [1.29, 1.82) is 0 Å². The van der Waals surface area contributed by atoms with Gasteiger partial charge in [0.05, 0.1) is 24.7 Å². The van der Waals surface area contributed by atoms with Crippen LogP contribution in [-0.2, 0) is 13.6 Å². The fourth-order valence-electron chi connectivity index (χ4n) is 6.02. The third kappa shape index (κ3) is 4.31. The number of aromatic nitrogens is 3. The van der Waals surface area contributed by atoms with Crippen LogP contribution in [0.25, 0.3) is 0 Å². The first-order chi connectivity index (χ1) is 18.0. The molecule has 2 aliphatic heterocycles. The van der Waals surface area contributed by atoms with Crippen molar-refractivity contribution in [3.8, 4) is 5.88 Å². The number of piperidine rings is 1. The average molecular weight is 521 g/mol. The Morgan fingerprint density at radius 1 is 1.08 bits per heavy atom. The highest BCUT2D eigenvalue weighted by Gasteiger charge is 2.42. The van der Waals surface area contributed by atoms with E-state index >= 15 is 0 Å². The molecular formula is C28H33ClN6O2. The Labute approximate surface area is 222 Å². The molecule has 3 aliphatic rings. The molecule has 0 N–H and O–H groups in total. The monoisotopic (exact) mass is 520 g/mol. The van der Waals surface area contributed by atoms with Crippen molar-refractivity contribution in [3.05, 3.63) is 64.4 Å². The zero-order chi connectivity index (χ0) is 25.7. The van der Waals surface area contributed by atoms with Gasteiger partial charge in [0.25, 0.3) is 0 Å². The van der Waals surface area contributed by atoms with Gasteiger partial charge in [0, 0.05) is 44.1 Å². The predicted octanol–water partition coefficient (Wildman–Crippen LogP) is 5.53. The summed E-state index contributed by atoms with van der Waals surface area (Å²) in [5, 5.41) is 5.36. The molecule has 3 aromatic rings. The number of rotatable bonds is 6. The lowest BCUT2D eigenvalue weighted by molar-refractivity contribution is 0.136. The number of amides is 2. The number of ether oxygens (including phenoxy) is 1. The SMILES string of the molecule is COc1nccc(Cl)c1N1CCC(N2C(=O)N(Cc3ccccc3C3CC3)c3nn(C)cc3C2C)CC1. The fraction of sp³-hybridized carbons (Fsp3) is 0.464. The van der Waals surface area contributed by atoms with Crippen LogP contribution in [0.3, 0.4) is 0 Å². The topological polar surface area (TPSA) is 66.7 Å². The van der Waals surface area contributed by atoms with Crippen LogP contribution in [0, 0.1) is 0 Å². The van der Waals surface area contributed by atoms with E-state index in [-0.39, 0.29) is 18.1 Å². The second kappa shape index (κ2) is 9.56. The molecule has 4 heterocycles. The number of carbonyl (C=O) groups is 1. The van der Waals surface area contributed by atoms with Crippen molar-refractivity contribution in [1.82, 2.24) is 19.7 Å². The Balaban J connectivity index is 1.27. The van der Waals surface area contributed by atoms with E-state index < -0.39 is 0 Å². The zero-order valence-corrected chi connectivity index (χ0v) is 22.4. The Bertz CT molecular complexity index is 1310. The standard InChI is InChI=1S/C28H33ClN6O2/c1-18-23-17-32(2)31-26(23)34(16-20-6-4-5-7-22(20)19-8-9-19)28(36)35(18)21-11-14-33(15-12-21)25-24(29)10-13-30-27(25)37-3/h4-7,10,13,17-19,21H,8-9,11-12,14-16H2,1-3H3. The Kier molecular flexibility index (Phi) is 6.23. The maximum Gasteiger partial charge on any atom is 0.326 e. The third-order valence-electron chi connectivity index (χ3n) is 8.02. The summed E-state index contributed by atoms with van der Waals surface area (Å²) in [5.74, 6) is 1.94. The molecule has 6 rings (SSSR count). The van der Waals surface area contributed by atoms with E-state index in [2.05, 4.69) is 52.2 Å². The van der Waals surface area contributed by atoms with Gasteiger partial charge < -0.3 is 14.5 Å². The number of anilines is 2. The van der Waals surface area contributed by atoms with E-state index in [1.54, 1.807) is 19.4 Å². The fourth-order valence-corrected chi connectivity index (χ4v) is 6.27. The molecule has 1 saturated heterocycles. The van der Waals surface area contributed by atoms with Crippen LogP contribution < -0.4 is 14.5 Å². The summed E-state index contributed by atoms with van der Waals surface area (Å²) < 4.78 is 7.31. The maximum absolute atomic E-state index is 14.2. The molecule has 1 atom stereocenters. The summed E-state index contributed by atoms with van der Waals surface area (Å²) in [5.41, 5.74) is 4.52. The molecule has 37 heavy (non-hydrogen) atoms. The highest BCUT2D eigenvalue weighted by atomic mass is 35.5. The lowest BCUT2D eigenvalue weighted by Crippen LogP contribution is -2.55. The summed E-state index contributed by atoms with van der Waals surface area (Å²) >= 11 is 6.52. The number of methoxy groups -OCH3 is 1. The summed E-state index contributed by atoms with van der Waals surface area (Å²) in [6, 6.07) is 10.5. The molecule has 2 amide bonds. The second-order valence-corrected chi connectivity index (χ2v) is 10.8. The minimum absolute atomic E-state index is 0.0414. The lowest BCUT2D eigenvalue weighted by atomic mass is 9.97. The Morgan fingerprint density at radius 2 is 1.84 bits per heavy atom. The van der Waals surface area contributed by atoms with E-state index in [9.17, 15) is 4.79 Å². The number of aryl methyl sites for hydroxylation is 1. The van der Waals surface area contributed by atoms with Crippen LogP contribution in [0.15, 0.2) is 42.7 Å². The number of fused-ring (bicyclic) bond motifs is 1. The van der Waals surface area contributed by atoms with Crippen LogP contribution in [0.5, 0.6) is 5.88 Å². The number of hydrogen-bond acceptors (Lipinski definition) is 5. The Morgan fingerprint density at radius 3 is 2.57 bits per heavy atom. The van der Waals surface area contributed by atoms with Crippen molar-refractivity contribution in [2.75, 3.05) is 30.0 Å². The first-order valence-electron chi connectivity index (χ1n) is 13.1.